The fraction of sp³-hybridized carbons (Fsp3) is 0.536. The summed E-state index contributed by atoms with van der Waals surface area (Å²) in [7, 11) is 3.82. The SMILES string of the molecule is CCCc1cc(C(=O)NC2CCC3CCC2N3c2cnc(C(N)=O)c(Nc3cnn(C)c3)n2)n(C)c1CCC. The summed E-state index contributed by atoms with van der Waals surface area (Å²) < 4.78 is 3.73. The summed E-state index contributed by atoms with van der Waals surface area (Å²) in [6.45, 7) is 4.35. The number of nitrogens with one attached hydrogen (secondary N) is 2. The highest BCUT2D eigenvalue weighted by atomic mass is 16.2. The van der Waals surface area contributed by atoms with Crippen LogP contribution in [0.3, 0.4) is 0 Å². The smallest absolute Gasteiger partial charge is 0.271 e. The molecule has 3 aromatic heterocycles. The van der Waals surface area contributed by atoms with Crippen molar-refractivity contribution in [3.63, 3.8) is 0 Å². The van der Waals surface area contributed by atoms with E-state index in [1.807, 2.05) is 14.1 Å². The van der Waals surface area contributed by atoms with E-state index in [0.717, 1.165) is 57.1 Å². The van der Waals surface area contributed by atoms with Gasteiger partial charge in [-0.3, -0.25) is 14.3 Å². The second-order valence-electron chi connectivity index (χ2n) is 10.7. The Morgan fingerprint density at radius 2 is 1.85 bits per heavy atom. The highest BCUT2D eigenvalue weighted by molar-refractivity contribution is 5.96. The number of primary amides is 1. The molecular weight excluding hydrogens is 494 g/mol. The molecule has 2 amide bonds. The molecule has 2 saturated heterocycles. The zero-order valence-corrected chi connectivity index (χ0v) is 23.3. The molecule has 11 heteroatoms. The predicted molar refractivity (Wildman–Crippen MR) is 150 cm³/mol. The lowest BCUT2D eigenvalue weighted by atomic mass is 9.97. The minimum absolute atomic E-state index is 0.0113. The molecule has 208 valence electrons. The van der Waals surface area contributed by atoms with Crippen LogP contribution in [-0.4, -0.2) is 54.3 Å². The average molecular weight is 534 g/mol. The molecule has 3 atom stereocenters. The number of rotatable bonds is 10. The predicted octanol–water partition coefficient (Wildman–Crippen LogP) is 3.23. The summed E-state index contributed by atoms with van der Waals surface area (Å²) in [5.74, 6) is 0.294. The molecule has 2 aliphatic rings. The summed E-state index contributed by atoms with van der Waals surface area (Å²) in [6, 6.07) is 2.47. The maximum Gasteiger partial charge on any atom is 0.271 e. The topological polar surface area (TPSA) is 136 Å². The van der Waals surface area contributed by atoms with Gasteiger partial charge < -0.3 is 25.8 Å². The fourth-order valence-corrected chi connectivity index (χ4v) is 6.29. The van der Waals surface area contributed by atoms with Crippen LogP contribution < -0.4 is 21.3 Å². The van der Waals surface area contributed by atoms with Crippen LogP contribution >= 0.6 is 0 Å². The molecular formula is C28H39N9O2. The number of aryl methyl sites for hydroxylation is 2. The minimum atomic E-state index is -0.653. The normalized spacial score (nSPS) is 20.3. The number of fused-ring (bicyclic) bond motifs is 2. The number of nitrogens with two attached hydrogens (primary N) is 1. The van der Waals surface area contributed by atoms with Crippen molar-refractivity contribution in [3.8, 4) is 0 Å². The average Bonchev–Trinajstić information content (AvgIpc) is 3.56. The number of nitrogens with zero attached hydrogens (tertiary/aromatic N) is 6. The quantitative estimate of drug-likeness (QED) is 0.364. The summed E-state index contributed by atoms with van der Waals surface area (Å²) >= 11 is 0. The maximum atomic E-state index is 13.6. The zero-order valence-electron chi connectivity index (χ0n) is 23.3. The van der Waals surface area contributed by atoms with Crippen LogP contribution in [0.2, 0.25) is 0 Å². The van der Waals surface area contributed by atoms with Gasteiger partial charge in [-0.25, -0.2) is 9.97 Å². The lowest BCUT2D eigenvalue weighted by molar-refractivity contribution is 0.0914. The largest absolute Gasteiger partial charge is 0.364 e. The molecule has 3 aromatic rings. The second kappa shape index (κ2) is 11.1. The van der Waals surface area contributed by atoms with Gasteiger partial charge in [0, 0.05) is 38.1 Å². The van der Waals surface area contributed by atoms with E-state index in [1.54, 1.807) is 23.3 Å². The Hall–Kier alpha value is -3.89. The van der Waals surface area contributed by atoms with Crippen molar-refractivity contribution in [2.75, 3.05) is 10.2 Å². The molecule has 0 saturated carbocycles. The van der Waals surface area contributed by atoms with Gasteiger partial charge >= 0.3 is 0 Å². The number of aromatic nitrogens is 5. The Kier molecular flexibility index (Phi) is 7.58. The molecule has 5 rings (SSSR count). The molecule has 0 radical (unpaired) electrons. The number of carbonyl (C=O) groups excluding carboxylic acids is 2. The lowest BCUT2D eigenvalue weighted by Gasteiger charge is -2.41. The van der Waals surface area contributed by atoms with Gasteiger partial charge in [-0.1, -0.05) is 26.7 Å². The van der Waals surface area contributed by atoms with Gasteiger partial charge in [-0.2, -0.15) is 5.10 Å². The Morgan fingerprint density at radius 3 is 2.54 bits per heavy atom. The summed E-state index contributed by atoms with van der Waals surface area (Å²) in [5.41, 5.74) is 9.62. The van der Waals surface area contributed by atoms with Crippen LogP contribution in [0.1, 0.15) is 84.6 Å². The number of anilines is 3. The van der Waals surface area contributed by atoms with E-state index in [4.69, 9.17) is 10.7 Å². The standard InChI is InChI=1S/C28H39N9O2/c1-5-7-17-13-23(36(4)21(17)8-6-2)28(39)33-20-11-9-19-10-12-22(20)37(19)24-15-30-25(26(29)38)27(34-24)32-18-14-31-35(3)16-18/h13-16,19-20,22H,5-12H2,1-4H3,(H2,29,38)(H,32,34)(H,33,39). The van der Waals surface area contributed by atoms with Gasteiger partial charge in [-0.05, 0) is 50.2 Å². The van der Waals surface area contributed by atoms with Gasteiger partial charge in [0.05, 0.1) is 24.1 Å². The molecule has 0 aromatic carbocycles. The molecule has 11 nitrogen and oxygen atoms in total. The monoisotopic (exact) mass is 533 g/mol. The molecule has 39 heavy (non-hydrogen) atoms. The van der Waals surface area contributed by atoms with Crippen molar-refractivity contribution >= 4 is 29.1 Å². The number of piperidine rings is 1. The van der Waals surface area contributed by atoms with Gasteiger partial charge in [0.2, 0.25) is 0 Å². The van der Waals surface area contributed by atoms with Crippen molar-refractivity contribution in [1.82, 2.24) is 29.6 Å². The summed E-state index contributed by atoms with van der Waals surface area (Å²) in [4.78, 5) is 37.1. The van der Waals surface area contributed by atoms with Crippen LogP contribution in [0.15, 0.2) is 24.7 Å². The molecule has 2 fully saturated rings. The van der Waals surface area contributed by atoms with E-state index in [9.17, 15) is 9.59 Å². The van der Waals surface area contributed by atoms with E-state index in [2.05, 4.69) is 50.1 Å². The third kappa shape index (κ3) is 5.22. The van der Waals surface area contributed by atoms with Crippen LogP contribution in [0.4, 0.5) is 17.3 Å². The summed E-state index contributed by atoms with van der Waals surface area (Å²) in [5, 5.41) is 10.7. The number of amides is 2. The molecule has 0 aliphatic carbocycles. The van der Waals surface area contributed by atoms with Crippen LogP contribution in [0.25, 0.3) is 0 Å². The first kappa shape index (κ1) is 26.7. The van der Waals surface area contributed by atoms with E-state index in [-0.39, 0.29) is 23.7 Å². The third-order valence-corrected chi connectivity index (χ3v) is 8.05. The first-order valence-corrected chi connectivity index (χ1v) is 14.0. The van der Waals surface area contributed by atoms with Crippen LogP contribution in [-0.2, 0) is 26.9 Å². The van der Waals surface area contributed by atoms with Crippen molar-refractivity contribution in [3.05, 3.63) is 47.3 Å². The number of hydrogen-bond acceptors (Lipinski definition) is 7. The fourth-order valence-electron chi connectivity index (χ4n) is 6.29. The first-order valence-electron chi connectivity index (χ1n) is 14.0. The number of carbonyl (C=O) groups is 2. The number of hydrogen-bond donors (Lipinski definition) is 3. The third-order valence-electron chi connectivity index (χ3n) is 8.05. The Morgan fingerprint density at radius 1 is 1.08 bits per heavy atom. The Bertz CT molecular complexity index is 1360. The second-order valence-corrected chi connectivity index (χ2v) is 10.7. The van der Waals surface area contributed by atoms with Gasteiger partial charge in [0.15, 0.2) is 11.5 Å². The van der Waals surface area contributed by atoms with Gasteiger partial charge in [0.25, 0.3) is 11.8 Å². The molecule has 2 bridgehead atoms. The first-order chi connectivity index (χ1) is 18.8. The van der Waals surface area contributed by atoms with E-state index in [0.29, 0.717) is 23.4 Å². The van der Waals surface area contributed by atoms with Gasteiger partial charge in [0.1, 0.15) is 11.5 Å². The molecule has 5 heterocycles. The Labute approximate surface area is 229 Å². The van der Waals surface area contributed by atoms with E-state index >= 15 is 0 Å². The molecule has 4 N–H and O–H groups in total. The Balaban J connectivity index is 1.39. The lowest BCUT2D eigenvalue weighted by Crippen LogP contribution is -2.55. The van der Waals surface area contributed by atoms with Crippen molar-refractivity contribution in [1.29, 1.82) is 0 Å². The highest BCUT2D eigenvalue weighted by Gasteiger charge is 2.44. The van der Waals surface area contributed by atoms with Crippen molar-refractivity contribution < 1.29 is 9.59 Å². The van der Waals surface area contributed by atoms with Crippen LogP contribution in [0.5, 0.6) is 0 Å². The molecule has 2 aliphatic heterocycles. The van der Waals surface area contributed by atoms with Crippen molar-refractivity contribution in [2.24, 2.45) is 19.8 Å². The molecule has 0 spiro atoms. The highest BCUT2D eigenvalue weighted by Crippen LogP contribution is 2.39. The zero-order chi connectivity index (χ0) is 27.7. The van der Waals surface area contributed by atoms with Crippen molar-refractivity contribution in [2.45, 2.75) is 83.3 Å². The van der Waals surface area contributed by atoms with Crippen LogP contribution in [0, 0.1) is 0 Å². The summed E-state index contributed by atoms with van der Waals surface area (Å²) in [6.07, 6.45) is 12.9. The minimum Gasteiger partial charge on any atom is -0.364 e. The molecule has 3 unspecified atom stereocenters. The van der Waals surface area contributed by atoms with E-state index < -0.39 is 5.91 Å². The van der Waals surface area contributed by atoms with E-state index in [1.165, 1.54) is 11.3 Å². The maximum absolute atomic E-state index is 13.6. The van der Waals surface area contributed by atoms with Gasteiger partial charge in [-0.15, -0.1) is 0 Å².